The van der Waals surface area contributed by atoms with Crippen LogP contribution in [0.5, 0.6) is 0 Å². The van der Waals surface area contributed by atoms with Gasteiger partial charge in [0.25, 0.3) is 0 Å². The molecule has 0 saturated heterocycles. The van der Waals surface area contributed by atoms with Crippen LogP contribution in [0.15, 0.2) is 0 Å². The molecule has 0 radical (unpaired) electrons. The maximum absolute atomic E-state index is 12.7. The van der Waals surface area contributed by atoms with Crippen LogP contribution in [0.1, 0.15) is 0 Å². The maximum atomic E-state index is 12.7. The average Bonchev–Trinajstić information content (AvgIpc) is 2.59. The van der Waals surface area contributed by atoms with E-state index >= 15 is 0 Å². The van der Waals surface area contributed by atoms with Gasteiger partial charge in [0.2, 0.25) is 0 Å². The molecule has 0 saturated carbocycles. The zero-order valence-corrected chi connectivity index (χ0v) is 20.7. The minimum Gasteiger partial charge on any atom is -0.286 e. The Kier molecular flexibility index (Phi) is 15.4. The molecule has 0 amide bonds. The van der Waals surface area contributed by atoms with Crippen molar-refractivity contribution in [2.24, 2.45) is 5.41 Å². The Labute approximate surface area is 182 Å². The van der Waals surface area contributed by atoms with Gasteiger partial charge in [-0.1, -0.05) is 47.8 Å². The number of phosphoric ester groups is 1. The highest BCUT2D eigenvalue weighted by molar-refractivity contribution is 9.10. The van der Waals surface area contributed by atoms with Crippen LogP contribution in [0.25, 0.3) is 0 Å². The third kappa shape index (κ3) is 10.6. The highest BCUT2D eigenvalue weighted by Gasteiger charge is 2.35. The largest absolute Gasteiger partial charge is 0.474 e. The first kappa shape index (κ1) is 25.7. The molecule has 0 rings (SSSR count). The Morgan fingerprint density at radius 2 is 1.26 bits per heavy atom. The van der Waals surface area contributed by atoms with Gasteiger partial charge in [0.05, 0.1) is 30.6 Å². The molecule has 0 aromatic rings. The third-order valence-electron chi connectivity index (χ3n) is 2.54. The fourth-order valence-electron chi connectivity index (χ4n) is 0.984. The monoisotopic (exact) mass is 622 g/mol. The second-order valence-corrected chi connectivity index (χ2v) is 9.92. The smallest absolute Gasteiger partial charge is 0.286 e. The quantitative estimate of drug-likeness (QED) is 0.175. The summed E-state index contributed by atoms with van der Waals surface area (Å²) in [7, 11) is -3.84. The molecular weight excluding hydrogens is 609 g/mol. The van der Waals surface area contributed by atoms with Crippen molar-refractivity contribution < 1.29 is 18.1 Å². The van der Waals surface area contributed by atoms with Gasteiger partial charge in [-0.15, -0.1) is 46.4 Å². The van der Waals surface area contributed by atoms with Crippen molar-refractivity contribution >= 4 is 102 Å². The molecule has 23 heavy (non-hydrogen) atoms. The number of hydrogen-bond acceptors (Lipinski definition) is 4. The summed E-state index contributed by atoms with van der Waals surface area (Å²) in [6, 6.07) is 0. The summed E-state index contributed by atoms with van der Waals surface area (Å²) in [6.07, 6.45) is 0. The van der Waals surface area contributed by atoms with Crippen LogP contribution in [-0.4, -0.2) is 58.3 Å². The van der Waals surface area contributed by atoms with Gasteiger partial charge in [-0.3, -0.25) is 13.6 Å². The molecule has 4 nitrogen and oxygen atoms in total. The second-order valence-electron chi connectivity index (χ2n) is 4.72. The van der Waals surface area contributed by atoms with Crippen molar-refractivity contribution in [3.05, 3.63) is 0 Å². The van der Waals surface area contributed by atoms with Crippen molar-refractivity contribution in [3.8, 4) is 0 Å². The summed E-state index contributed by atoms with van der Waals surface area (Å²) < 4.78 is 28.7. The summed E-state index contributed by atoms with van der Waals surface area (Å²) in [5, 5.41) is 0.845. The molecule has 0 N–H and O–H groups in total. The summed E-state index contributed by atoms with van der Waals surface area (Å²) in [5.41, 5.74) is -0.317. The Morgan fingerprint density at radius 3 is 1.57 bits per heavy atom. The molecule has 2 atom stereocenters. The van der Waals surface area contributed by atoms with E-state index in [0.717, 1.165) is 0 Å². The molecule has 0 aliphatic heterocycles. The third-order valence-corrected chi connectivity index (χ3v) is 9.11. The number of alkyl halides is 7. The first-order valence-electron chi connectivity index (χ1n) is 6.42. The Hall–Kier alpha value is 2.71. The molecule has 12 heteroatoms. The number of hydrogen-bond donors (Lipinski definition) is 0. The Morgan fingerprint density at radius 1 is 0.870 bits per heavy atom. The van der Waals surface area contributed by atoms with E-state index in [1.165, 1.54) is 0 Å². The maximum Gasteiger partial charge on any atom is 0.474 e. The molecule has 0 aromatic carbocycles. The van der Waals surface area contributed by atoms with Gasteiger partial charge in [0.1, 0.15) is 0 Å². The number of rotatable bonds is 14. The minimum atomic E-state index is -3.84. The zero-order chi connectivity index (χ0) is 17.9. The summed E-state index contributed by atoms with van der Waals surface area (Å²) in [4.78, 5) is 0. The van der Waals surface area contributed by atoms with E-state index in [1.54, 1.807) is 0 Å². The van der Waals surface area contributed by atoms with Gasteiger partial charge in [-0.25, -0.2) is 4.57 Å². The van der Waals surface area contributed by atoms with Crippen molar-refractivity contribution in [1.82, 2.24) is 0 Å². The van der Waals surface area contributed by atoms with Gasteiger partial charge >= 0.3 is 7.82 Å². The predicted molar refractivity (Wildman–Crippen MR) is 110 cm³/mol. The number of halogens is 7. The van der Waals surface area contributed by atoms with E-state index in [1.807, 2.05) is 0 Å². The summed E-state index contributed by atoms with van der Waals surface area (Å²) in [6.45, 7) is -0.00607. The van der Waals surface area contributed by atoms with Crippen LogP contribution >= 0.6 is 102 Å². The Balaban J connectivity index is 4.85. The average molecular weight is 627 g/mol. The lowest BCUT2D eigenvalue weighted by Crippen LogP contribution is -2.32. The molecule has 0 aromatic heterocycles. The normalized spacial score (nSPS) is 17.7. The van der Waals surface area contributed by atoms with Gasteiger partial charge in [0, 0.05) is 33.2 Å². The topological polar surface area (TPSA) is 44.8 Å². The van der Waals surface area contributed by atoms with Gasteiger partial charge in [-0.2, -0.15) is 0 Å². The van der Waals surface area contributed by atoms with Crippen molar-refractivity contribution in [2.45, 2.75) is 10.8 Å². The standard InChI is InChI=1S/C11H18Br3Cl4O4P/c12-5-11(6-13,7-14)8-22-23(19,20-3-9(17)1-15)21-4-10(18)2-16/h9-10H,1-8H2. The number of phosphoric acid groups is 1. The van der Waals surface area contributed by atoms with E-state index in [9.17, 15) is 4.57 Å². The van der Waals surface area contributed by atoms with Crippen molar-refractivity contribution in [3.63, 3.8) is 0 Å². The molecule has 0 bridgehead atoms. The van der Waals surface area contributed by atoms with E-state index in [4.69, 9.17) is 60.0 Å². The zero-order valence-electron chi connectivity index (χ0n) is 12.0. The molecule has 0 aliphatic rings. The SMILES string of the molecule is O=P(OCC(Cl)CCl)(OCC(Cl)CCl)OCC(CBr)(CBr)CBr. The fraction of sp³-hybridized carbons (Fsp3) is 1.00. The Bertz CT molecular complexity index is 340. The molecule has 0 aliphatic carbocycles. The second kappa shape index (κ2) is 13.8. The molecule has 0 fully saturated rings. The molecule has 2 unspecified atom stereocenters. The lowest BCUT2D eigenvalue weighted by molar-refractivity contribution is 0.0911. The molecule has 0 spiro atoms. The van der Waals surface area contributed by atoms with E-state index in [-0.39, 0.29) is 37.0 Å². The van der Waals surface area contributed by atoms with Crippen LogP contribution in [-0.2, 0) is 18.1 Å². The van der Waals surface area contributed by atoms with E-state index in [2.05, 4.69) is 47.8 Å². The highest BCUT2D eigenvalue weighted by atomic mass is 79.9. The van der Waals surface area contributed by atoms with Crippen molar-refractivity contribution in [1.29, 1.82) is 0 Å². The van der Waals surface area contributed by atoms with Crippen LogP contribution in [0.3, 0.4) is 0 Å². The van der Waals surface area contributed by atoms with Crippen LogP contribution < -0.4 is 0 Å². The van der Waals surface area contributed by atoms with E-state index in [0.29, 0.717) is 16.0 Å². The molecular formula is C11H18Br3Cl4O4P. The van der Waals surface area contributed by atoms with Crippen molar-refractivity contribution in [2.75, 3.05) is 47.6 Å². The van der Waals surface area contributed by atoms with Crippen LogP contribution in [0.4, 0.5) is 0 Å². The lowest BCUT2D eigenvalue weighted by Gasteiger charge is -2.29. The van der Waals surface area contributed by atoms with E-state index < -0.39 is 18.6 Å². The predicted octanol–water partition coefficient (Wildman–Crippen LogP) is 6.01. The minimum absolute atomic E-state index is 0.0693. The summed E-state index contributed by atoms with van der Waals surface area (Å²) >= 11 is 33.2. The highest BCUT2D eigenvalue weighted by Crippen LogP contribution is 2.51. The van der Waals surface area contributed by atoms with Crippen LogP contribution in [0, 0.1) is 5.41 Å². The van der Waals surface area contributed by atoms with Gasteiger partial charge in [0.15, 0.2) is 0 Å². The van der Waals surface area contributed by atoms with Gasteiger partial charge in [-0.05, 0) is 0 Å². The summed E-state index contributed by atoms with van der Waals surface area (Å²) in [5.74, 6) is 0.297. The van der Waals surface area contributed by atoms with Crippen LogP contribution in [0.2, 0.25) is 0 Å². The molecule has 140 valence electrons. The van der Waals surface area contributed by atoms with Gasteiger partial charge < -0.3 is 0 Å². The lowest BCUT2D eigenvalue weighted by atomic mass is 9.98. The first-order valence-corrected chi connectivity index (χ1v) is 13.2. The fourth-order valence-corrected chi connectivity index (χ4v) is 6.12. The molecule has 0 heterocycles. The first-order chi connectivity index (χ1) is 10.8.